The minimum absolute atomic E-state index is 0.0249. The molecule has 0 aliphatic rings. The molecule has 0 spiro atoms. The number of hydrogen-bond donors (Lipinski definition) is 1. The van der Waals surface area contributed by atoms with Crippen LogP contribution in [0.2, 0.25) is 0 Å². The van der Waals surface area contributed by atoms with Gasteiger partial charge in [0.1, 0.15) is 0 Å². The molecule has 0 aliphatic heterocycles. The van der Waals surface area contributed by atoms with Gasteiger partial charge in [0.2, 0.25) is 0 Å². The van der Waals surface area contributed by atoms with Crippen molar-refractivity contribution in [3.8, 4) is 0 Å². The minimum Gasteiger partial charge on any atom is -0.478 e. The summed E-state index contributed by atoms with van der Waals surface area (Å²) in [5.74, 6) is -1.25. The van der Waals surface area contributed by atoms with Crippen LogP contribution in [0.3, 0.4) is 0 Å². The molecule has 0 aliphatic carbocycles. The van der Waals surface area contributed by atoms with Gasteiger partial charge in [-0.3, -0.25) is 0 Å². The number of rotatable bonds is 5. The van der Waals surface area contributed by atoms with Crippen molar-refractivity contribution in [1.29, 1.82) is 0 Å². The number of aryl methyl sites for hydroxylation is 2. The molecule has 0 bridgehead atoms. The van der Waals surface area contributed by atoms with Crippen LogP contribution in [0.4, 0.5) is 0 Å². The maximum absolute atomic E-state index is 12.3. The third-order valence-corrected chi connectivity index (χ3v) is 5.08. The van der Waals surface area contributed by atoms with E-state index >= 15 is 0 Å². The molecule has 0 amide bonds. The van der Waals surface area contributed by atoms with Crippen molar-refractivity contribution in [2.45, 2.75) is 25.3 Å². The summed E-state index contributed by atoms with van der Waals surface area (Å²) in [6.45, 7) is 4.02. The number of benzene rings is 1. The fourth-order valence-electron chi connectivity index (χ4n) is 1.93. The number of imidazole rings is 1. The van der Waals surface area contributed by atoms with Crippen LogP contribution in [0.25, 0.3) is 0 Å². The molecule has 0 radical (unpaired) electrons. The second-order valence-electron chi connectivity index (χ2n) is 4.76. The third-order valence-electron chi connectivity index (χ3n) is 3.39. The van der Waals surface area contributed by atoms with E-state index < -0.39 is 15.8 Å². The summed E-state index contributed by atoms with van der Waals surface area (Å²) in [5, 5.41) is 8.91. The molecule has 7 heteroatoms. The lowest BCUT2D eigenvalue weighted by molar-refractivity contribution is 0.0696. The second kappa shape index (κ2) is 5.69. The standard InChI is InChI=1S/C14H16N2O4S/c1-10-11(2)16(9-15-10)6-7-21(19,20)13-5-3-4-12(8-13)14(17)18/h3-5,8-9H,6-7H2,1-2H3,(H,17,18). The quantitative estimate of drug-likeness (QED) is 0.907. The average molecular weight is 308 g/mol. The predicted octanol–water partition coefficient (Wildman–Crippen LogP) is 1.67. The monoisotopic (exact) mass is 308 g/mol. The Morgan fingerprint density at radius 3 is 2.62 bits per heavy atom. The highest BCUT2D eigenvalue weighted by Crippen LogP contribution is 2.15. The van der Waals surface area contributed by atoms with Crippen LogP contribution in [0.1, 0.15) is 21.7 Å². The van der Waals surface area contributed by atoms with E-state index in [0.29, 0.717) is 0 Å². The Balaban J connectivity index is 2.21. The van der Waals surface area contributed by atoms with Gasteiger partial charge in [-0.05, 0) is 32.0 Å². The van der Waals surface area contributed by atoms with Gasteiger partial charge in [0.15, 0.2) is 9.84 Å². The maximum atomic E-state index is 12.3. The summed E-state index contributed by atoms with van der Waals surface area (Å²) >= 11 is 0. The summed E-state index contributed by atoms with van der Waals surface area (Å²) < 4.78 is 26.3. The highest BCUT2D eigenvalue weighted by atomic mass is 32.2. The number of sulfone groups is 1. The first kappa shape index (κ1) is 15.2. The molecule has 0 saturated heterocycles. The third kappa shape index (κ3) is 3.30. The lowest BCUT2D eigenvalue weighted by Gasteiger charge is -2.08. The van der Waals surface area contributed by atoms with Gasteiger partial charge in [-0.2, -0.15) is 0 Å². The van der Waals surface area contributed by atoms with Gasteiger partial charge in [-0.15, -0.1) is 0 Å². The van der Waals surface area contributed by atoms with E-state index in [1.165, 1.54) is 24.3 Å². The zero-order chi connectivity index (χ0) is 15.6. The van der Waals surface area contributed by atoms with Crippen molar-refractivity contribution in [1.82, 2.24) is 9.55 Å². The van der Waals surface area contributed by atoms with Crippen molar-refractivity contribution in [3.05, 3.63) is 47.5 Å². The van der Waals surface area contributed by atoms with Gasteiger partial charge in [-0.25, -0.2) is 18.2 Å². The lowest BCUT2D eigenvalue weighted by Crippen LogP contribution is -2.14. The van der Waals surface area contributed by atoms with Crippen LogP contribution < -0.4 is 0 Å². The highest BCUT2D eigenvalue weighted by molar-refractivity contribution is 7.91. The van der Waals surface area contributed by atoms with Crippen LogP contribution in [0.15, 0.2) is 35.5 Å². The van der Waals surface area contributed by atoms with Crippen molar-refractivity contribution in [3.63, 3.8) is 0 Å². The Bertz CT molecular complexity index is 778. The molecule has 2 rings (SSSR count). The van der Waals surface area contributed by atoms with Gasteiger partial charge in [0.05, 0.1) is 28.2 Å². The Labute approximate surface area is 123 Å². The average Bonchev–Trinajstić information content (AvgIpc) is 2.77. The number of carboxylic acid groups (broad SMARTS) is 1. The van der Waals surface area contributed by atoms with Crippen LogP contribution in [0.5, 0.6) is 0 Å². The molecule has 1 heterocycles. The van der Waals surface area contributed by atoms with Crippen molar-refractivity contribution >= 4 is 15.8 Å². The second-order valence-corrected chi connectivity index (χ2v) is 6.87. The first-order chi connectivity index (χ1) is 9.81. The molecule has 0 saturated carbocycles. The Kier molecular flexibility index (Phi) is 4.13. The molecule has 1 aromatic carbocycles. The van der Waals surface area contributed by atoms with Gasteiger partial charge in [0.25, 0.3) is 0 Å². The first-order valence-electron chi connectivity index (χ1n) is 6.36. The number of aromatic nitrogens is 2. The van der Waals surface area contributed by atoms with Crippen LogP contribution in [-0.2, 0) is 16.4 Å². The first-order valence-corrected chi connectivity index (χ1v) is 8.01. The largest absolute Gasteiger partial charge is 0.478 e. The van der Waals surface area contributed by atoms with E-state index in [0.717, 1.165) is 11.4 Å². The summed E-state index contributed by atoms with van der Waals surface area (Å²) in [6.07, 6.45) is 1.61. The zero-order valence-electron chi connectivity index (χ0n) is 11.8. The number of aromatic carboxylic acids is 1. The topological polar surface area (TPSA) is 89.3 Å². The van der Waals surface area contributed by atoms with E-state index in [1.54, 1.807) is 10.9 Å². The van der Waals surface area contributed by atoms with Gasteiger partial charge in [-0.1, -0.05) is 6.07 Å². The predicted molar refractivity (Wildman–Crippen MR) is 77.2 cm³/mol. The van der Waals surface area contributed by atoms with Gasteiger partial charge >= 0.3 is 5.97 Å². The Morgan fingerprint density at radius 2 is 2.05 bits per heavy atom. The van der Waals surface area contributed by atoms with Crippen molar-refractivity contribution < 1.29 is 18.3 Å². The molecular weight excluding hydrogens is 292 g/mol. The molecule has 1 aromatic heterocycles. The van der Waals surface area contributed by atoms with Gasteiger partial charge in [0, 0.05) is 12.2 Å². The molecule has 1 N–H and O–H groups in total. The van der Waals surface area contributed by atoms with Crippen LogP contribution in [0, 0.1) is 13.8 Å². The van der Waals surface area contributed by atoms with E-state index in [4.69, 9.17) is 5.11 Å². The number of hydrogen-bond acceptors (Lipinski definition) is 4. The molecule has 21 heavy (non-hydrogen) atoms. The zero-order valence-corrected chi connectivity index (χ0v) is 12.6. The summed E-state index contributed by atoms with van der Waals surface area (Å²) in [4.78, 5) is 15.0. The molecule has 0 fully saturated rings. The SMILES string of the molecule is Cc1ncn(CCS(=O)(=O)c2cccc(C(=O)O)c2)c1C. The molecular formula is C14H16N2O4S. The van der Waals surface area contributed by atoms with Crippen LogP contribution >= 0.6 is 0 Å². The Hall–Kier alpha value is -2.15. The molecule has 6 nitrogen and oxygen atoms in total. The van der Waals surface area contributed by atoms with Crippen molar-refractivity contribution in [2.24, 2.45) is 0 Å². The number of nitrogens with zero attached hydrogens (tertiary/aromatic N) is 2. The van der Waals surface area contributed by atoms with Crippen molar-refractivity contribution in [2.75, 3.05) is 5.75 Å². The minimum atomic E-state index is -3.53. The molecule has 0 unspecified atom stereocenters. The number of carboxylic acids is 1. The molecule has 112 valence electrons. The van der Waals surface area contributed by atoms with E-state index in [-0.39, 0.29) is 22.8 Å². The fourth-order valence-corrected chi connectivity index (χ4v) is 3.19. The molecule has 2 aromatic rings. The van der Waals surface area contributed by atoms with E-state index in [1.807, 2.05) is 13.8 Å². The molecule has 0 atom stereocenters. The maximum Gasteiger partial charge on any atom is 0.335 e. The van der Waals surface area contributed by atoms with E-state index in [9.17, 15) is 13.2 Å². The Morgan fingerprint density at radius 1 is 1.33 bits per heavy atom. The number of carbonyl (C=O) groups is 1. The lowest BCUT2D eigenvalue weighted by atomic mass is 10.2. The smallest absolute Gasteiger partial charge is 0.335 e. The normalized spacial score (nSPS) is 11.5. The summed E-state index contributed by atoms with van der Waals surface area (Å²) in [6, 6.07) is 5.39. The summed E-state index contributed by atoms with van der Waals surface area (Å²) in [5.41, 5.74) is 1.75. The van der Waals surface area contributed by atoms with Crippen LogP contribution in [-0.4, -0.2) is 34.8 Å². The van der Waals surface area contributed by atoms with E-state index in [2.05, 4.69) is 4.98 Å². The fraction of sp³-hybridized carbons (Fsp3) is 0.286. The summed E-state index contributed by atoms with van der Waals surface area (Å²) in [7, 11) is -3.53. The highest BCUT2D eigenvalue weighted by Gasteiger charge is 2.17. The van der Waals surface area contributed by atoms with Gasteiger partial charge < -0.3 is 9.67 Å².